The third-order valence-electron chi connectivity index (χ3n) is 4.94. The molecule has 2 heterocycles. The van der Waals surface area contributed by atoms with Crippen LogP contribution in [0.25, 0.3) is 5.78 Å². The molecule has 2 aromatic heterocycles. The van der Waals surface area contributed by atoms with Gasteiger partial charge in [-0.2, -0.15) is 18.2 Å². The summed E-state index contributed by atoms with van der Waals surface area (Å²) in [5.74, 6) is -1.88. The number of carbonyl (C=O) groups excluding carboxylic acids is 1. The van der Waals surface area contributed by atoms with Crippen LogP contribution in [-0.2, 0) is 33.8 Å². The number of anilines is 1. The quantitative estimate of drug-likeness (QED) is 0.569. The summed E-state index contributed by atoms with van der Waals surface area (Å²) in [5, 5.41) is 11.3. The number of nitrogens with one attached hydrogen (secondary N) is 1. The highest BCUT2D eigenvalue weighted by molar-refractivity contribution is 7.89. The predicted octanol–water partition coefficient (Wildman–Crippen LogP) is 2.54. The zero-order valence-corrected chi connectivity index (χ0v) is 18.3. The number of carbonyl (C=O) groups is 1. The smallest absolute Gasteiger partial charge is 0.326 e. The molecular weight excluding hydrogens is 449 g/mol. The average Bonchev–Trinajstić information content (AvgIpc) is 3.11. The molecule has 0 unspecified atom stereocenters. The fraction of sp³-hybridized carbons (Fsp3) is 0.368. The molecule has 1 amide bonds. The Balaban J connectivity index is 1.79. The number of rotatable bonds is 6. The lowest BCUT2D eigenvalue weighted by atomic mass is 10.1. The van der Waals surface area contributed by atoms with Crippen LogP contribution < -0.4 is 10.5 Å². The van der Waals surface area contributed by atoms with Gasteiger partial charge in [-0.1, -0.05) is 13.0 Å². The number of sulfonamides is 1. The molecular formula is C19H21F3N6O3S. The van der Waals surface area contributed by atoms with Crippen LogP contribution in [0.2, 0.25) is 0 Å². The van der Waals surface area contributed by atoms with Crippen LogP contribution in [0, 0.1) is 13.8 Å². The Hall–Kier alpha value is -3.06. The van der Waals surface area contributed by atoms with E-state index in [1.807, 2.05) is 0 Å². The Kier molecular flexibility index (Phi) is 6.24. The second-order valence-electron chi connectivity index (χ2n) is 7.18. The molecule has 0 aliphatic heterocycles. The van der Waals surface area contributed by atoms with Crippen LogP contribution in [0.4, 0.5) is 18.9 Å². The summed E-state index contributed by atoms with van der Waals surface area (Å²) in [6.45, 7) is 4.97. The summed E-state index contributed by atoms with van der Waals surface area (Å²) in [7, 11) is -3.96. The fourth-order valence-corrected chi connectivity index (χ4v) is 4.21. The largest absolute Gasteiger partial charge is 0.453 e. The SMILES string of the molecule is CCc1ccc(NC(=O)CCc2c(C)nc3nc(C(F)(F)F)nn3c2C)cc1S(N)(=O)=O. The van der Waals surface area contributed by atoms with Gasteiger partial charge in [0.25, 0.3) is 11.6 Å². The number of benzene rings is 1. The van der Waals surface area contributed by atoms with E-state index < -0.39 is 27.9 Å². The minimum atomic E-state index is -4.70. The molecule has 0 radical (unpaired) electrons. The van der Waals surface area contributed by atoms with Crippen LogP contribution in [0.5, 0.6) is 0 Å². The Morgan fingerprint density at radius 1 is 1.22 bits per heavy atom. The summed E-state index contributed by atoms with van der Waals surface area (Å²) in [6.07, 6.45) is -4.08. The molecule has 3 aromatic rings. The van der Waals surface area contributed by atoms with E-state index in [4.69, 9.17) is 5.14 Å². The highest BCUT2D eigenvalue weighted by Crippen LogP contribution is 2.27. The Labute approximate surface area is 181 Å². The summed E-state index contributed by atoms with van der Waals surface area (Å²) in [6, 6.07) is 4.44. The number of nitrogens with two attached hydrogens (primary N) is 1. The molecule has 0 bridgehead atoms. The predicted molar refractivity (Wildman–Crippen MR) is 109 cm³/mol. The number of primary sulfonamides is 1. The molecule has 0 spiro atoms. The van der Waals surface area contributed by atoms with E-state index in [-0.39, 0.29) is 29.2 Å². The number of nitrogens with zero attached hydrogens (tertiary/aromatic N) is 4. The lowest BCUT2D eigenvalue weighted by Gasteiger charge is -2.12. The topological polar surface area (TPSA) is 132 Å². The molecule has 3 N–H and O–H groups in total. The van der Waals surface area contributed by atoms with Crippen molar-refractivity contribution in [3.8, 4) is 0 Å². The zero-order chi connectivity index (χ0) is 23.8. The number of halogens is 3. The standard InChI is InChI=1S/C19H21F3N6O3S/c1-4-12-5-6-13(9-15(12)32(23,30)31)25-16(29)8-7-14-10(2)24-18-26-17(19(20,21)22)27-28(18)11(14)3/h5-6,9H,4,7-8H2,1-3H3,(H,25,29)(H2,23,30,31). The summed E-state index contributed by atoms with van der Waals surface area (Å²) < 4.78 is 63.3. The van der Waals surface area contributed by atoms with Gasteiger partial charge in [-0.05, 0) is 49.9 Å². The van der Waals surface area contributed by atoms with Gasteiger partial charge in [-0.3, -0.25) is 4.79 Å². The second-order valence-corrected chi connectivity index (χ2v) is 8.71. The van der Waals surface area contributed by atoms with Gasteiger partial charge in [0.1, 0.15) is 0 Å². The van der Waals surface area contributed by atoms with E-state index in [9.17, 15) is 26.4 Å². The number of aromatic nitrogens is 4. The maximum Gasteiger partial charge on any atom is 0.453 e. The van der Waals surface area contributed by atoms with Crippen molar-refractivity contribution >= 4 is 27.4 Å². The van der Waals surface area contributed by atoms with Crippen molar-refractivity contribution in [2.24, 2.45) is 5.14 Å². The van der Waals surface area contributed by atoms with Crippen LogP contribution in [-0.4, -0.2) is 33.9 Å². The van der Waals surface area contributed by atoms with E-state index >= 15 is 0 Å². The van der Waals surface area contributed by atoms with Gasteiger partial charge in [0.2, 0.25) is 15.9 Å². The van der Waals surface area contributed by atoms with E-state index in [2.05, 4.69) is 20.4 Å². The molecule has 0 saturated carbocycles. The molecule has 13 heteroatoms. The van der Waals surface area contributed by atoms with Crippen molar-refractivity contribution in [2.45, 2.75) is 51.1 Å². The van der Waals surface area contributed by atoms with Crippen LogP contribution in [0.1, 0.15) is 41.7 Å². The molecule has 172 valence electrons. The van der Waals surface area contributed by atoms with E-state index in [1.165, 1.54) is 6.07 Å². The second kappa shape index (κ2) is 8.47. The Bertz CT molecular complexity index is 1300. The molecule has 3 rings (SSSR count). The van der Waals surface area contributed by atoms with Gasteiger partial charge < -0.3 is 5.32 Å². The molecule has 9 nitrogen and oxygen atoms in total. The Morgan fingerprint density at radius 3 is 2.50 bits per heavy atom. The lowest BCUT2D eigenvalue weighted by Crippen LogP contribution is -2.17. The highest BCUT2D eigenvalue weighted by atomic mass is 32.2. The van der Waals surface area contributed by atoms with E-state index in [0.29, 0.717) is 28.9 Å². The molecule has 32 heavy (non-hydrogen) atoms. The zero-order valence-electron chi connectivity index (χ0n) is 17.5. The number of hydrogen-bond donors (Lipinski definition) is 2. The molecule has 0 atom stereocenters. The van der Waals surface area contributed by atoms with E-state index in [0.717, 1.165) is 4.52 Å². The third-order valence-corrected chi connectivity index (χ3v) is 5.94. The normalized spacial score (nSPS) is 12.3. The summed E-state index contributed by atoms with van der Waals surface area (Å²) in [5.41, 5.74) is 2.20. The lowest BCUT2D eigenvalue weighted by molar-refractivity contribution is -0.144. The van der Waals surface area contributed by atoms with Crippen molar-refractivity contribution in [1.82, 2.24) is 19.6 Å². The van der Waals surface area contributed by atoms with Crippen molar-refractivity contribution in [3.63, 3.8) is 0 Å². The first-order chi connectivity index (χ1) is 14.8. The molecule has 0 saturated heterocycles. The van der Waals surface area contributed by atoms with Crippen molar-refractivity contribution in [1.29, 1.82) is 0 Å². The monoisotopic (exact) mass is 470 g/mol. The van der Waals surface area contributed by atoms with Gasteiger partial charge in [0, 0.05) is 23.5 Å². The number of hydrogen-bond acceptors (Lipinski definition) is 6. The van der Waals surface area contributed by atoms with E-state index in [1.54, 1.807) is 32.9 Å². The Morgan fingerprint density at radius 2 is 1.91 bits per heavy atom. The van der Waals surface area contributed by atoms with Gasteiger partial charge in [0.15, 0.2) is 0 Å². The molecule has 0 fully saturated rings. The minimum absolute atomic E-state index is 0.0179. The molecule has 1 aromatic carbocycles. The molecule has 0 aliphatic carbocycles. The maximum absolute atomic E-state index is 12.9. The first-order valence-electron chi connectivity index (χ1n) is 9.57. The number of alkyl halides is 3. The first-order valence-corrected chi connectivity index (χ1v) is 11.1. The molecule has 0 aliphatic rings. The number of aryl methyl sites for hydroxylation is 3. The maximum atomic E-state index is 12.9. The van der Waals surface area contributed by atoms with Gasteiger partial charge >= 0.3 is 6.18 Å². The summed E-state index contributed by atoms with van der Waals surface area (Å²) >= 11 is 0. The number of amides is 1. The van der Waals surface area contributed by atoms with Gasteiger partial charge in [-0.15, -0.1) is 5.10 Å². The van der Waals surface area contributed by atoms with Gasteiger partial charge in [-0.25, -0.2) is 23.1 Å². The average molecular weight is 470 g/mol. The number of fused-ring (bicyclic) bond motifs is 1. The fourth-order valence-electron chi connectivity index (χ4n) is 3.34. The highest BCUT2D eigenvalue weighted by Gasteiger charge is 2.37. The van der Waals surface area contributed by atoms with Crippen LogP contribution in [0.3, 0.4) is 0 Å². The summed E-state index contributed by atoms with van der Waals surface area (Å²) in [4.78, 5) is 19.8. The van der Waals surface area contributed by atoms with Crippen molar-refractivity contribution < 1.29 is 26.4 Å². The van der Waals surface area contributed by atoms with Gasteiger partial charge in [0.05, 0.1) is 4.90 Å². The minimum Gasteiger partial charge on any atom is -0.326 e. The van der Waals surface area contributed by atoms with Crippen molar-refractivity contribution in [3.05, 3.63) is 46.5 Å². The first kappa shape index (κ1) is 23.6. The third kappa shape index (κ3) is 4.88. The van der Waals surface area contributed by atoms with Crippen molar-refractivity contribution in [2.75, 3.05) is 5.32 Å². The van der Waals surface area contributed by atoms with Crippen LogP contribution >= 0.6 is 0 Å². The van der Waals surface area contributed by atoms with Crippen LogP contribution in [0.15, 0.2) is 23.1 Å².